The van der Waals surface area contributed by atoms with E-state index in [0.717, 1.165) is 33.6 Å². The Hall–Kier alpha value is -1.31. The Morgan fingerprint density at radius 2 is 1.90 bits per heavy atom. The first-order valence-corrected chi connectivity index (χ1v) is 8.37. The lowest BCUT2D eigenvalue weighted by molar-refractivity contribution is 0.929. The van der Waals surface area contributed by atoms with Crippen LogP contribution in [-0.2, 0) is 0 Å². The van der Waals surface area contributed by atoms with E-state index in [1.807, 2.05) is 6.92 Å². The van der Waals surface area contributed by atoms with Crippen LogP contribution in [0.4, 0.5) is 5.82 Å². The van der Waals surface area contributed by atoms with Crippen molar-refractivity contribution in [1.29, 1.82) is 0 Å². The summed E-state index contributed by atoms with van der Waals surface area (Å²) >= 11 is 2.35. The minimum Gasteiger partial charge on any atom is -0.369 e. The van der Waals surface area contributed by atoms with Crippen LogP contribution >= 0.6 is 22.6 Å². The lowest BCUT2D eigenvalue weighted by atomic mass is 10.2. The van der Waals surface area contributed by atoms with Crippen molar-refractivity contribution in [2.45, 2.75) is 39.0 Å². The van der Waals surface area contributed by atoms with Crippen LogP contribution in [0, 0.1) is 10.5 Å². The number of aromatic nitrogens is 4. The number of aryl methyl sites for hydroxylation is 1. The molecule has 1 N–H and O–H groups in total. The van der Waals surface area contributed by atoms with E-state index in [2.05, 4.69) is 49.8 Å². The second-order valence-corrected chi connectivity index (χ2v) is 6.46. The molecular formula is C15H18IN5. The molecule has 0 saturated heterocycles. The van der Waals surface area contributed by atoms with Crippen LogP contribution in [0.1, 0.15) is 43.4 Å². The lowest BCUT2D eigenvalue weighted by Crippen LogP contribution is -2.09. The molecule has 0 unspecified atom stereocenters. The highest BCUT2D eigenvalue weighted by molar-refractivity contribution is 14.1. The smallest absolute Gasteiger partial charge is 0.200 e. The van der Waals surface area contributed by atoms with Gasteiger partial charge in [0.15, 0.2) is 11.6 Å². The van der Waals surface area contributed by atoms with Gasteiger partial charge in [0.05, 0.1) is 9.26 Å². The van der Waals surface area contributed by atoms with Crippen molar-refractivity contribution in [2.24, 2.45) is 0 Å². The maximum atomic E-state index is 4.72. The van der Waals surface area contributed by atoms with E-state index < -0.39 is 0 Å². The van der Waals surface area contributed by atoms with Crippen LogP contribution in [0.15, 0.2) is 12.4 Å². The van der Waals surface area contributed by atoms with Crippen molar-refractivity contribution in [3.63, 3.8) is 0 Å². The minimum absolute atomic E-state index is 0.575. The first kappa shape index (κ1) is 14.6. The van der Waals surface area contributed by atoms with E-state index in [1.165, 1.54) is 12.8 Å². The molecule has 5 nitrogen and oxygen atoms in total. The predicted molar refractivity (Wildman–Crippen MR) is 91.3 cm³/mol. The van der Waals surface area contributed by atoms with E-state index >= 15 is 0 Å². The molecule has 0 amide bonds. The number of nitrogens with one attached hydrogen (secondary N) is 1. The summed E-state index contributed by atoms with van der Waals surface area (Å²) in [5, 5.41) is 3.39. The maximum absolute atomic E-state index is 4.72. The summed E-state index contributed by atoms with van der Waals surface area (Å²) < 4.78 is 1.14. The van der Waals surface area contributed by atoms with Crippen LogP contribution in [0.2, 0.25) is 0 Å². The molecule has 6 heteroatoms. The van der Waals surface area contributed by atoms with Gasteiger partial charge in [0, 0.05) is 24.9 Å². The summed E-state index contributed by atoms with van der Waals surface area (Å²) in [6.07, 6.45) is 7.11. The van der Waals surface area contributed by atoms with Crippen molar-refractivity contribution in [1.82, 2.24) is 19.9 Å². The topological polar surface area (TPSA) is 63.6 Å². The normalized spacial score (nSPS) is 14.2. The molecule has 2 aromatic rings. The molecule has 110 valence electrons. The summed E-state index contributed by atoms with van der Waals surface area (Å²) in [6.45, 7) is 5.03. The fourth-order valence-electron chi connectivity index (χ4n) is 2.06. The van der Waals surface area contributed by atoms with Crippen LogP contribution in [-0.4, -0.2) is 26.5 Å². The van der Waals surface area contributed by atoms with Crippen molar-refractivity contribution < 1.29 is 0 Å². The lowest BCUT2D eigenvalue weighted by Gasteiger charge is -2.12. The first-order valence-electron chi connectivity index (χ1n) is 7.29. The van der Waals surface area contributed by atoms with Gasteiger partial charge in [0.25, 0.3) is 0 Å². The van der Waals surface area contributed by atoms with Gasteiger partial charge in [-0.1, -0.05) is 6.92 Å². The first-order chi connectivity index (χ1) is 10.2. The molecule has 2 aromatic heterocycles. The largest absolute Gasteiger partial charge is 0.369 e. The molecule has 1 fully saturated rings. The van der Waals surface area contributed by atoms with E-state index in [9.17, 15) is 0 Å². The van der Waals surface area contributed by atoms with Gasteiger partial charge in [-0.25, -0.2) is 19.9 Å². The van der Waals surface area contributed by atoms with Gasteiger partial charge >= 0.3 is 0 Å². The number of hydrogen-bond acceptors (Lipinski definition) is 5. The van der Waals surface area contributed by atoms with Crippen molar-refractivity contribution >= 4 is 28.4 Å². The number of anilines is 1. The summed E-state index contributed by atoms with van der Waals surface area (Å²) in [6, 6.07) is 0. The summed E-state index contributed by atoms with van der Waals surface area (Å²) in [4.78, 5) is 18.1. The molecule has 0 radical (unpaired) electrons. The molecule has 0 spiro atoms. The number of nitrogens with zero attached hydrogens (tertiary/aromatic N) is 4. The van der Waals surface area contributed by atoms with Crippen LogP contribution in [0.3, 0.4) is 0 Å². The Labute approximate surface area is 138 Å². The molecule has 2 heterocycles. The monoisotopic (exact) mass is 395 g/mol. The number of hydrogen-bond donors (Lipinski definition) is 1. The third-order valence-corrected chi connectivity index (χ3v) is 4.43. The van der Waals surface area contributed by atoms with Gasteiger partial charge in [0.2, 0.25) is 0 Å². The molecule has 3 rings (SSSR count). The Morgan fingerprint density at radius 1 is 1.19 bits per heavy atom. The zero-order valence-electron chi connectivity index (χ0n) is 12.2. The maximum Gasteiger partial charge on any atom is 0.200 e. The van der Waals surface area contributed by atoms with Gasteiger partial charge in [0.1, 0.15) is 5.82 Å². The van der Waals surface area contributed by atoms with Crippen LogP contribution < -0.4 is 5.32 Å². The van der Waals surface area contributed by atoms with E-state index in [4.69, 9.17) is 4.98 Å². The average Bonchev–Trinajstić information content (AvgIpc) is 3.32. The molecule has 1 saturated carbocycles. The molecule has 1 aliphatic carbocycles. The SMILES string of the molecule is CCCNc1nc(-c2ncc(C)cn2)nc(C2CC2)c1I. The highest BCUT2D eigenvalue weighted by atomic mass is 127. The minimum atomic E-state index is 0.575. The van der Waals surface area contributed by atoms with E-state index in [0.29, 0.717) is 17.6 Å². The second kappa shape index (κ2) is 6.21. The Bertz CT molecular complexity index is 637. The third kappa shape index (κ3) is 3.30. The standard InChI is InChI=1S/C15H18IN5/c1-3-6-17-13-11(16)12(10-4-5-10)20-15(21-13)14-18-7-9(2)8-19-14/h7-8,10H,3-6H2,1-2H3,(H,17,20,21). The quantitative estimate of drug-likeness (QED) is 0.785. The molecule has 0 aliphatic heterocycles. The average molecular weight is 395 g/mol. The van der Waals surface area contributed by atoms with Crippen molar-refractivity contribution in [3.05, 3.63) is 27.2 Å². The predicted octanol–water partition coefficient (Wildman–Crippen LogP) is 3.55. The van der Waals surface area contributed by atoms with E-state index in [1.54, 1.807) is 12.4 Å². The van der Waals surface area contributed by atoms with Crippen LogP contribution in [0.5, 0.6) is 0 Å². The molecular weight excluding hydrogens is 377 g/mol. The fourth-order valence-corrected chi connectivity index (χ4v) is 2.93. The zero-order chi connectivity index (χ0) is 14.8. The zero-order valence-corrected chi connectivity index (χ0v) is 14.4. The number of halogens is 1. The van der Waals surface area contributed by atoms with Crippen molar-refractivity contribution in [3.8, 4) is 11.6 Å². The van der Waals surface area contributed by atoms with Gasteiger partial charge < -0.3 is 5.32 Å². The molecule has 0 bridgehead atoms. The summed E-state index contributed by atoms with van der Waals surface area (Å²) in [5.41, 5.74) is 2.18. The third-order valence-electron chi connectivity index (χ3n) is 3.36. The molecule has 1 aliphatic rings. The Kier molecular flexibility index (Phi) is 4.32. The molecule has 0 aromatic carbocycles. The van der Waals surface area contributed by atoms with Gasteiger partial charge in [-0.15, -0.1) is 0 Å². The van der Waals surface area contributed by atoms with Gasteiger partial charge in [-0.05, 0) is 54.3 Å². The van der Waals surface area contributed by atoms with Crippen molar-refractivity contribution in [2.75, 3.05) is 11.9 Å². The highest BCUT2D eigenvalue weighted by Gasteiger charge is 2.29. The second-order valence-electron chi connectivity index (χ2n) is 5.38. The summed E-state index contributed by atoms with van der Waals surface area (Å²) in [7, 11) is 0. The number of rotatable bonds is 5. The molecule has 21 heavy (non-hydrogen) atoms. The van der Waals surface area contributed by atoms with Gasteiger partial charge in [-0.3, -0.25) is 0 Å². The Morgan fingerprint density at radius 3 is 2.52 bits per heavy atom. The summed E-state index contributed by atoms with van der Waals surface area (Å²) in [5.74, 6) is 2.70. The van der Waals surface area contributed by atoms with E-state index in [-0.39, 0.29) is 0 Å². The molecule has 0 atom stereocenters. The van der Waals surface area contributed by atoms with Gasteiger partial charge in [-0.2, -0.15) is 0 Å². The van der Waals surface area contributed by atoms with Crippen LogP contribution in [0.25, 0.3) is 11.6 Å². The Balaban J connectivity index is 2.03. The highest BCUT2D eigenvalue weighted by Crippen LogP contribution is 2.42. The fraction of sp³-hybridized carbons (Fsp3) is 0.467.